The number of carbonyl (C=O) groups is 1. The van der Waals surface area contributed by atoms with Gasteiger partial charge in [0.1, 0.15) is 10.8 Å². The molecule has 2 aromatic carbocycles. The van der Waals surface area contributed by atoms with E-state index in [-0.39, 0.29) is 0 Å². The number of nitrogens with zero attached hydrogens (tertiary/aromatic N) is 2. The maximum atomic E-state index is 13.2. The number of aliphatic imine (C=N–C) groups is 1. The van der Waals surface area contributed by atoms with Crippen LogP contribution in [0.15, 0.2) is 58.9 Å². The van der Waals surface area contributed by atoms with E-state index in [2.05, 4.69) is 10.3 Å². The summed E-state index contributed by atoms with van der Waals surface area (Å²) in [5, 5.41) is 5.25. The van der Waals surface area contributed by atoms with Crippen LogP contribution in [-0.2, 0) is 6.18 Å². The lowest BCUT2D eigenvalue weighted by Crippen LogP contribution is -2.38. The molecule has 4 rings (SSSR count). The highest BCUT2D eigenvalue weighted by Gasteiger charge is 2.37. The van der Waals surface area contributed by atoms with E-state index >= 15 is 0 Å². The number of halogens is 3. The number of thiazole rings is 1. The third-order valence-corrected chi connectivity index (χ3v) is 6.01. The Morgan fingerprint density at radius 1 is 1.13 bits per heavy atom. The Bertz CT molecular complexity index is 1140. The molecule has 1 N–H and O–H groups in total. The van der Waals surface area contributed by atoms with Crippen LogP contribution in [0.5, 0.6) is 5.75 Å². The number of hydrogen-bond acceptors (Lipinski definition) is 4. The van der Waals surface area contributed by atoms with E-state index in [1.54, 1.807) is 20.1 Å². The van der Waals surface area contributed by atoms with E-state index in [0.717, 1.165) is 29.1 Å². The first-order chi connectivity index (χ1) is 14.8. The van der Waals surface area contributed by atoms with Crippen LogP contribution >= 0.6 is 11.3 Å². The van der Waals surface area contributed by atoms with Gasteiger partial charge >= 0.3 is 12.2 Å². The molecule has 2 unspecified atom stereocenters. The van der Waals surface area contributed by atoms with Crippen LogP contribution in [0, 0.1) is 0 Å². The number of benzene rings is 2. The number of alkyl halides is 3. The minimum Gasteiger partial charge on any atom is -0.497 e. The van der Waals surface area contributed by atoms with Gasteiger partial charge in [0.25, 0.3) is 0 Å². The molecule has 2 heterocycles. The Morgan fingerprint density at radius 3 is 2.55 bits per heavy atom. The first-order valence-electron chi connectivity index (χ1n) is 9.39. The summed E-state index contributed by atoms with van der Waals surface area (Å²) in [6.07, 6.45) is -4.48. The van der Waals surface area contributed by atoms with E-state index in [0.29, 0.717) is 16.3 Å². The van der Waals surface area contributed by atoms with Crippen molar-refractivity contribution >= 4 is 23.1 Å². The number of rotatable bonds is 4. The van der Waals surface area contributed by atoms with Crippen molar-refractivity contribution in [3.05, 3.63) is 70.0 Å². The second-order valence-corrected chi connectivity index (χ2v) is 7.97. The maximum absolute atomic E-state index is 13.2. The van der Waals surface area contributed by atoms with Crippen molar-refractivity contribution in [3.8, 4) is 17.0 Å². The van der Waals surface area contributed by atoms with Crippen LogP contribution < -0.4 is 10.1 Å². The second kappa shape index (κ2) is 8.14. The number of hydrogen-bond donors (Lipinski definition) is 1. The molecule has 2 amide bonds. The molecule has 160 valence electrons. The zero-order valence-corrected chi connectivity index (χ0v) is 17.4. The molecule has 0 spiro atoms. The molecule has 3 aromatic rings. The van der Waals surface area contributed by atoms with Crippen LogP contribution in [0.25, 0.3) is 11.3 Å². The van der Waals surface area contributed by atoms with E-state index in [1.807, 2.05) is 29.6 Å². The molecular weight excluding hydrogens is 427 g/mol. The average Bonchev–Trinajstić information content (AvgIpc) is 3.22. The second-order valence-electron chi connectivity index (χ2n) is 7.08. The first-order valence-corrected chi connectivity index (χ1v) is 10.3. The van der Waals surface area contributed by atoms with E-state index < -0.39 is 29.7 Å². The van der Waals surface area contributed by atoms with Crippen molar-refractivity contribution in [2.75, 3.05) is 7.11 Å². The summed E-state index contributed by atoms with van der Waals surface area (Å²) >= 11 is 1.38. The molecule has 1 aromatic heterocycles. The lowest BCUT2D eigenvalue weighted by Gasteiger charge is -2.30. The van der Waals surface area contributed by atoms with Gasteiger partial charge in [-0.05, 0) is 48.9 Å². The van der Waals surface area contributed by atoms with Crippen LogP contribution in [0.1, 0.15) is 35.0 Å². The highest BCUT2D eigenvalue weighted by molar-refractivity contribution is 7.10. The van der Waals surface area contributed by atoms with Gasteiger partial charge in [-0.25, -0.2) is 14.8 Å². The molecule has 0 radical (unpaired) electrons. The van der Waals surface area contributed by atoms with Gasteiger partial charge in [0.05, 0.1) is 30.3 Å². The normalized spacial score (nSPS) is 19.0. The first kappa shape index (κ1) is 21.0. The zero-order valence-electron chi connectivity index (χ0n) is 16.6. The highest BCUT2D eigenvalue weighted by Crippen LogP contribution is 2.39. The van der Waals surface area contributed by atoms with Crippen LogP contribution in [-0.4, -0.2) is 23.8 Å². The minimum atomic E-state index is -4.48. The predicted octanol–water partition coefficient (Wildman–Crippen LogP) is 5.85. The van der Waals surface area contributed by atoms with E-state index in [9.17, 15) is 18.0 Å². The molecule has 9 heteroatoms. The maximum Gasteiger partial charge on any atom is 0.416 e. The molecule has 1 aliphatic heterocycles. The van der Waals surface area contributed by atoms with Gasteiger partial charge in [0.2, 0.25) is 0 Å². The molecule has 0 saturated carbocycles. The molecule has 2 atom stereocenters. The minimum absolute atomic E-state index is 0.351. The molecule has 1 aliphatic rings. The Balaban J connectivity index is 1.72. The summed E-state index contributed by atoms with van der Waals surface area (Å²) in [4.78, 5) is 20.7. The van der Waals surface area contributed by atoms with Gasteiger partial charge in [-0.15, -0.1) is 11.3 Å². The summed E-state index contributed by atoms with van der Waals surface area (Å²) < 4.78 is 44.8. The summed E-state index contributed by atoms with van der Waals surface area (Å²) in [5.74, 6) is 0.250. The monoisotopic (exact) mass is 445 g/mol. The lowest BCUT2D eigenvalue weighted by atomic mass is 9.88. The van der Waals surface area contributed by atoms with Crippen LogP contribution in [0.4, 0.5) is 18.0 Å². The Morgan fingerprint density at radius 2 is 1.87 bits per heavy atom. The smallest absolute Gasteiger partial charge is 0.416 e. The van der Waals surface area contributed by atoms with E-state index in [1.165, 1.54) is 17.4 Å². The van der Waals surface area contributed by atoms with Crippen molar-refractivity contribution in [2.24, 2.45) is 4.99 Å². The topological polar surface area (TPSA) is 63.6 Å². The number of urea groups is 1. The third kappa shape index (κ3) is 4.32. The molecule has 0 bridgehead atoms. The molecule has 5 nitrogen and oxygen atoms in total. The molecule has 0 fully saturated rings. The molecule has 31 heavy (non-hydrogen) atoms. The Hall–Kier alpha value is -3.20. The average molecular weight is 445 g/mol. The fourth-order valence-electron chi connectivity index (χ4n) is 3.55. The molecule has 0 saturated heterocycles. The largest absolute Gasteiger partial charge is 0.497 e. The fourth-order valence-corrected chi connectivity index (χ4v) is 4.58. The predicted molar refractivity (Wildman–Crippen MR) is 113 cm³/mol. The van der Waals surface area contributed by atoms with Gasteiger partial charge in [-0.3, -0.25) is 0 Å². The lowest BCUT2D eigenvalue weighted by molar-refractivity contribution is -0.137. The highest BCUT2D eigenvalue weighted by atomic mass is 32.1. The fraction of sp³-hybridized carbons (Fsp3) is 0.227. The number of methoxy groups -OCH3 is 1. The van der Waals surface area contributed by atoms with Gasteiger partial charge in [0.15, 0.2) is 0 Å². The van der Waals surface area contributed by atoms with Crippen LogP contribution in [0.3, 0.4) is 0 Å². The van der Waals surface area contributed by atoms with Crippen molar-refractivity contribution in [3.63, 3.8) is 0 Å². The van der Waals surface area contributed by atoms with Crippen molar-refractivity contribution in [2.45, 2.75) is 25.1 Å². The van der Waals surface area contributed by atoms with Gasteiger partial charge in [-0.2, -0.15) is 13.2 Å². The Labute approximate surface area is 180 Å². The summed E-state index contributed by atoms with van der Waals surface area (Å²) in [6, 6.07) is 11.1. The number of aromatic nitrogens is 1. The third-order valence-electron chi connectivity index (χ3n) is 5.09. The van der Waals surface area contributed by atoms with Gasteiger partial charge in [-0.1, -0.05) is 12.1 Å². The van der Waals surface area contributed by atoms with Crippen molar-refractivity contribution in [1.29, 1.82) is 0 Å². The molecule has 0 aliphatic carbocycles. The SMILES string of the molecule is COc1ccc(-c2csc(C3C(C)=NC(=O)NC3c3cccc(C(F)(F)F)c3)n2)cc1. The standard InChI is InChI=1S/C22H18F3N3O2S/c1-12-18(20-27-17(11-31-20)13-6-8-16(30-2)9-7-13)19(28-21(29)26-12)14-4-3-5-15(10-14)22(23,24)25/h3-11,18-19H,1-2H3,(H,28,29). The molecular formula is C22H18F3N3O2S. The number of ether oxygens (including phenoxy) is 1. The number of amides is 2. The van der Waals surface area contributed by atoms with Gasteiger partial charge < -0.3 is 10.1 Å². The zero-order chi connectivity index (χ0) is 22.2. The van der Waals surface area contributed by atoms with Crippen molar-refractivity contribution < 1.29 is 22.7 Å². The number of nitrogens with one attached hydrogen (secondary N) is 1. The quantitative estimate of drug-likeness (QED) is 0.548. The number of carbonyl (C=O) groups excluding carboxylic acids is 1. The summed E-state index contributed by atoms with van der Waals surface area (Å²) in [5.41, 5.74) is 1.70. The summed E-state index contributed by atoms with van der Waals surface area (Å²) in [7, 11) is 1.59. The van der Waals surface area contributed by atoms with Crippen molar-refractivity contribution in [1.82, 2.24) is 10.3 Å². The van der Waals surface area contributed by atoms with E-state index in [4.69, 9.17) is 9.72 Å². The van der Waals surface area contributed by atoms with Crippen LogP contribution in [0.2, 0.25) is 0 Å². The van der Waals surface area contributed by atoms with Gasteiger partial charge in [0, 0.05) is 16.7 Å². The Kier molecular flexibility index (Phi) is 5.53. The summed E-state index contributed by atoms with van der Waals surface area (Å²) in [6.45, 7) is 1.69.